The minimum absolute atomic E-state index is 0.0103. The van der Waals surface area contributed by atoms with E-state index in [9.17, 15) is 14.3 Å². The molecular formula is C14H14FN3O2. The number of hydrogen-bond acceptors (Lipinski definition) is 4. The second-order valence-electron chi connectivity index (χ2n) is 4.13. The predicted octanol–water partition coefficient (Wildman–Crippen LogP) is 1.75. The highest BCUT2D eigenvalue weighted by molar-refractivity contribution is 5.80. The van der Waals surface area contributed by atoms with Gasteiger partial charge in [0, 0.05) is 18.8 Å². The maximum absolute atomic E-state index is 13.1. The lowest BCUT2D eigenvalue weighted by Gasteiger charge is -2.08. The molecule has 0 spiro atoms. The van der Waals surface area contributed by atoms with Crippen molar-refractivity contribution in [2.75, 3.05) is 18.9 Å². The lowest BCUT2D eigenvalue weighted by molar-refractivity contribution is -0.118. The molecule has 0 unspecified atom stereocenters. The first kappa shape index (κ1) is 13.8. The highest BCUT2D eigenvalue weighted by Gasteiger charge is 2.07. The first-order valence-corrected chi connectivity index (χ1v) is 5.99. The molecule has 0 saturated carbocycles. The van der Waals surface area contributed by atoms with Crippen LogP contribution in [0.25, 0.3) is 11.1 Å². The van der Waals surface area contributed by atoms with E-state index in [2.05, 4.69) is 15.6 Å². The number of anilines is 1. The lowest BCUT2D eigenvalue weighted by atomic mass is 10.1. The number of amides is 1. The topological polar surface area (TPSA) is 74.2 Å². The highest BCUT2D eigenvalue weighted by atomic mass is 19.1. The Hall–Kier alpha value is -2.63. The fourth-order valence-electron chi connectivity index (χ4n) is 1.67. The van der Waals surface area contributed by atoms with Gasteiger partial charge in [0.05, 0.1) is 6.54 Å². The molecule has 2 aromatic rings. The second-order valence-corrected chi connectivity index (χ2v) is 4.13. The van der Waals surface area contributed by atoms with Crippen molar-refractivity contribution in [3.05, 3.63) is 42.3 Å². The number of benzene rings is 1. The van der Waals surface area contributed by atoms with Gasteiger partial charge in [-0.25, -0.2) is 9.37 Å². The number of carbonyl (C=O) groups is 1. The number of carbonyl (C=O) groups excluding carboxylic acids is 1. The number of halogens is 1. The van der Waals surface area contributed by atoms with Gasteiger partial charge in [-0.3, -0.25) is 4.79 Å². The Morgan fingerprint density at radius 3 is 2.80 bits per heavy atom. The molecule has 1 aromatic carbocycles. The van der Waals surface area contributed by atoms with E-state index < -0.39 is 0 Å². The van der Waals surface area contributed by atoms with Crippen LogP contribution >= 0.6 is 0 Å². The van der Waals surface area contributed by atoms with Crippen LogP contribution in [0.4, 0.5) is 10.2 Å². The van der Waals surface area contributed by atoms with Crippen LogP contribution in [0.15, 0.2) is 36.5 Å². The van der Waals surface area contributed by atoms with Crippen molar-refractivity contribution in [2.45, 2.75) is 0 Å². The van der Waals surface area contributed by atoms with Crippen molar-refractivity contribution in [1.29, 1.82) is 0 Å². The molecule has 0 aliphatic carbocycles. The Bertz CT molecular complexity index is 632. The average Bonchev–Trinajstić information content (AvgIpc) is 2.45. The van der Waals surface area contributed by atoms with Crippen molar-refractivity contribution < 1.29 is 14.3 Å². The Morgan fingerprint density at radius 2 is 2.15 bits per heavy atom. The third-order valence-corrected chi connectivity index (χ3v) is 2.72. The summed E-state index contributed by atoms with van der Waals surface area (Å²) in [6.07, 6.45) is 1.50. The number of pyridine rings is 1. The Labute approximate surface area is 115 Å². The van der Waals surface area contributed by atoms with Crippen LogP contribution in [-0.4, -0.2) is 29.6 Å². The van der Waals surface area contributed by atoms with Crippen LogP contribution in [-0.2, 0) is 4.79 Å². The number of hydrogen-bond donors (Lipinski definition) is 3. The highest BCUT2D eigenvalue weighted by Crippen LogP contribution is 2.27. The van der Waals surface area contributed by atoms with Gasteiger partial charge in [-0.05, 0) is 23.8 Å². The summed E-state index contributed by atoms with van der Waals surface area (Å²) >= 11 is 0. The van der Waals surface area contributed by atoms with E-state index in [1.165, 1.54) is 31.4 Å². The molecule has 104 valence electrons. The fourth-order valence-corrected chi connectivity index (χ4v) is 1.67. The summed E-state index contributed by atoms with van der Waals surface area (Å²) in [5.74, 6) is -0.478. The lowest BCUT2D eigenvalue weighted by Crippen LogP contribution is -2.26. The monoisotopic (exact) mass is 275 g/mol. The third-order valence-electron chi connectivity index (χ3n) is 2.72. The molecule has 0 bridgehead atoms. The first-order chi connectivity index (χ1) is 9.60. The molecule has 0 aliphatic rings. The summed E-state index contributed by atoms with van der Waals surface area (Å²) in [7, 11) is 1.52. The summed E-state index contributed by atoms with van der Waals surface area (Å²) in [5.41, 5.74) is 1.21. The SMILES string of the molecule is CNC(=O)CNc1ncc(-c2cccc(F)c2)cc1O. The summed E-state index contributed by atoms with van der Waals surface area (Å²) in [4.78, 5) is 15.1. The van der Waals surface area contributed by atoms with Gasteiger partial charge in [-0.2, -0.15) is 0 Å². The molecule has 0 saturated heterocycles. The van der Waals surface area contributed by atoms with Crippen molar-refractivity contribution in [3.63, 3.8) is 0 Å². The van der Waals surface area contributed by atoms with Gasteiger partial charge >= 0.3 is 0 Å². The zero-order valence-electron chi connectivity index (χ0n) is 10.9. The molecule has 1 amide bonds. The molecule has 20 heavy (non-hydrogen) atoms. The third kappa shape index (κ3) is 3.23. The van der Waals surface area contributed by atoms with Crippen LogP contribution in [0.5, 0.6) is 5.75 Å². The number of nitrogens with zero attached hydrogens (tertiary/aromatic N) is 1. The Morgan fingerprint density at radius 1 is 1.35 bits per heavy atom. The molecule has 0 radical (unpaired) electrons. The number of likely N-dealkylation sites (N-methyl/N-ethyl adjacent to an activating group) is 1. The molecule has 1 heterocycles. The minimum Gasteiger partial charge on any atom is -0.504 e. The van der Waals surface area contributed by atoms with Gasteiger partial charge in [0.15, 0.2) is 11.6 Å². The molecule has 0 fully saturated rings. The first-order valence-electron chi connectivity index (χ1n) is 5.99. The molecule has 6 heteroatoms. The second kappa shape index (κ2) is 6.01. The quantitative estimate of drug-likeness (QED) is 0.794. The van der Waals surface area contributed by atoms with Crippen molar-refractivity contribution in [3.8, 4) is 16.9 Å². The van der Waals surface area contributed by atoms with E-state index in [-0.39, 0.29) is 29.8 Å². The van der Waals surface area contributed by atoms with Gasteiger partial charge in [-0.15, -0.1) is 0 Å². The van der Waals surface area contributed by atoms with E-state index in [1.54, 1.807) is 12.1 Å². The van der Waals surface area contributed by atoms with Gasteiger partial charge in [-0.1, -0.05) is 12.1 Å². The zero-order valence-corrected chi connectivity index (χ0v) is 10.9. The maximum Gasteiger partial charge on any atom is 0.239 e. The maximum atomic E-state index is 13.1. The molecule has 0 atom stereocenters. The average molecular weight is 275 g/mol. The van der Waals surface area contributed by atoms with E-state index in [1.807, 2.05) is 0 Å². The standard InChI is InChI=1S/C14H14FN3O2/c1-16-13(20)8-18-14-12(19)6-10(7-17-14)9-3-2-4-11(15)5-9/h2-7,19H,8H2,1H3,(H,16,20)(H,17,18). The molecule has 2 rings (SSSR count). The molecule has 3 N–H and O–H groups in total. The van der Waals surface area contributed by atoms with E-state index in [0.717, 1.165) is 0 Å². The number of rotatable bonds is 4. The van der Waals surface area contributed by atoms with E-state index in [0.29, 0.717) is 11.1 Å². The van der Waals surface area contributed by atoms with Crippen LogP contribution in [0.1, 0.15) is 0 Å². The van der Waals surface area contributed by atoms with Gasteiger partial charge < -0.3 is 15.7 Å². The van der Waals surface area contributed by atoms with Gasteiger partial charge in [0.25, 0.3) is 0 Å². The van der Waals surface area contributed by atoms with Crippen molar-refractivity contribution in [1.82, 2.24) is 10.3 Å². The summed E-state index contributed by atoms with van der Waals surface area (Å²) in [6.45, 7) is 0.0103. The van der Waals surface area contributed by atoms with Crippen LogP contribution in [0, 0.1) is 5.82 Å². The molecular weight excluding hydrogens is 261 g/mol. The van der Waals surface area contributed by atoms with Crippen LogP contribution in [0.2, 0.25) is 0 Å². The van der Waals surface area contributed by atoms with E-state index in [4.69, 9.17) is 0 Å². The molecule has 5 nitrogen and oxygen atoms in total. The number of aromatic hydroxyl groups is 1. The minimum atomic E-state index is -0.358. The summed E-state index contributed by atoms with van der Waals surface area (Å²) in [6, 6.07) is 7.47. The Kier molecular flexibility index (Phi) is 4.14. The largest absolute Gasteiger partial charge is 0.504 e. The van der Waals surface area contributed by atoms with Crippen LogP contribution in [0.3, 0.4) is 0 Å². The summed E-state index contributed by atoms with van der Waals surface area (Å²) < 4.78 is 13.1. The number of nitrogens with one attached hydrogen (secondary N) is 2. The smallest absolute Gasteiger partial charge is 0.239 e. The summed E-state index contributed by atoms with van der Waals surface area (Å²) in [5, 5.41) is 15.0. The van der Waals surface area contributed by atoms with Gasteiger partial charge in [0.1, 0.15) is 5.82 Å². The zero-order chi connectivity index (χ0) is 14.5. The van der Waals surface area contributed by atoms with Gasteiger partial charge in [0.2, 0.25) is 5.91 Å². The van der Waals surface area contributed by atoms with Crippen molar-refractivity contribution in [2.24, 2.45) is 0 Å². The predicted molar refractivity (Wildman–Crippen MR) is 73.9 cm³/mol. The number of aromatic nitrogens is 1. The molecule has 1 aromatic heterocycles. The van der Waals surface area contributed by atoms with E-state index >= 15 is 0 Å². The van der Waals surface area contributed by atoms with Crippen LogP contribution < -0.4 is 10.6 Å². The van der Waals surface area contributed by atoms with Crippen molar-refractivity contribution >= 4 is 11.7 Å². The molecule has 0 aliphatic heterocycles. The Balaban J connectivity index is 2.19. The fraction of sp³-hybridized carbons (Fsp3) is 0.143. The normalized spacial score (nSPS) is 10.1.